The first-order chi connectivity index (χ1) is 9.83. The predicted molar refractivity (Wildman–Crippen MR) is 74.9 cm³/mol. The molecule has 2 aliphatic rings. The number of hydrogen-bond acceptors (Lipinski definition) is 4. The fourth-order valence-corrected chi connectivity index (χ4v) is 2.21. The van der Waals surface area contributed by atoms with Crippen LogP contribution in [0.2, 0.25) is 0 Å². The molecule has 0 radical (unpaired) electrons. The molecule has 2 N–H and O–H groups in total. The summed E-state index contributed by atoms with van der Waals surface area (Å²) in [5, 5.41) is 6.11. The minimum absolute atomic E-state index is 0.0617. The van der Waals surface area contributed by atoms with Crippen molar-refractivity contribution in [1.29, 1.82) is 0 Å². The Kier molecular flexibility index (Phi) is 4.06. The van der Waals surface area contributed by atoms with Gasteiger partial charge in [0.2, 0.25) is 5.91 Å². The van der Waals surface area contributed by atoms with Crippen LogP contribution in [0.25, 0.3) is 0 Å². The molecule has 1 fully saturated rings. The smallest absolute Gasteiger partial charge is 0.234 e. The van der Waals surface area contributed by atoms with Crippen molar-refractivity contribution in [3.8, 4) is 11.5 Å². The lowest BCUT2D eigenvalue weighted by Crippen LogP contribution is -2.34. The van der Waals surface area contributed by atoms with E-state index in [0.717, 1.165) is 36.3 Å². The molecule has 3 rings (SSSR count). The SMILES string of the molecule is O=C(CNCc1cccc2c1OCCCO2)NC1CC1. The second-order valence-electron chi connectivity index (χ2n) is 5.24. The lowest BCUT2D eigenvalue weighted by molar-refractivity contribution is -0.120. The van der Waals surface area contributed by atoms with Gasteiger partial charge in [0, 0.05) is 24.6 Å². The molecule has 0 aromatic heterocycles. The molecule has 1 amide bonds. The van der Waals surface area contributed by atoms with Crippen LogP contribution in [0, 0.1) is 0 Å². The Morgan fingerprint density at radius 1 is 1.25 bits per heavy atom. The molecule has 1 aromatic carbocycles. The standard InChI is InChI=1S/C15H20N2O3/c18-14(17-12-5-6-12)10-16-9-11-3-1-4-13-15(11)20-8-2-7-19-13/h1,3-4,12,16H,2,5-10H2,(H,17,18). The van der Waals surface area contributed by atoms with E-state index in [9.17, 15) is 4.79 Å². The van der Waals surface area contributed by atoms with Crippen LogP contribution < -0.4 is 20.1 Å². The molecule has 0 atom stereocenters. The fraction of sp³-hybridized carbons (Fsp3) is 0.533. The Morgan fingerprint density at radius 3 is 2.95 bits per heavy atom. The molecular weight excluding hydrogens is 256 g/mol. The largest absolute Gasteiger partial charge is 0.490 e. The zero-order valence-electron chi connectivity index (χ0n) is 11.5. The Labute approximate surface area is 118 Å². The van der Waals surface area contributed by atoms with Crippen molar-refractivity contribution in [3.05, 3.63) is 23.8 Å². The van der Waals surface area contributed by atoms with Crippen LogP contribution in [0.3, 0.4) is 0 Å². The van der Waals surface area contributed by atoms with Crippen molar-refractivity contribution in [2.75, 3.05) is 19.8 Å². The summed E-state index contributed by atoms with van der Waals surface area (Å²) < 4.78 is 11.4. The van der Waals surface area contributed by atoms with Gasteiger partial charge in [-0.3, -0.25) is 4.79 Å². The summed E-state index contributed by atoms with van der Waals surface area (Å²) >= 11 is 0. The molecule has 0 spiro atoms. The van der Waals surface area contributed by atoms with Gasteiger partial charge in [0.1, 0.15) is 0 Å². The van der Waals surface area contributed by atoms with E-state index in [0.29, 0.717) is 32.3 Å². The normalized spacial score (nSPS) is 17.4. The van der Waals surface area contributed by atoms with E-state index < -0.39 is 0 Å². The van der Waals surface area contributed by atoms with Crippen LogP contribution >= 0.6 is 0 Å². The average molecular weight is 276 g/mol. The number of benzene rings is 1. The van der Waals surface area contributed by atoms with E-state index >= 15 is 0 Å². The minimum atomic E-state index is 0.0617. The van der Waals surface area contributed by atoms with E-state index in [4.69, 9.17) is 9.47 Å². The van der Waals surface area contributed by atoms with Crippen LogP contribution in [0.15, 0.2) is 18.2 Å². The number of nitrogens with one attached hydrogen (secondary N) is 2. The van der Waals surface area contributed by atoms with E-state index in [1.807, 2.05) is 18.2 Å². The molecule has 20 heavy (non-hydrogen) atoms. The van der Waals surface area contributed by atoms with Gasteiger partial charge >= 0.3 is 0 Å². The summed E-state index contributed by atoms with van der Waals surface area (Å²) in [4.78, 5) is 11.6. The molecule has 0 saturated heterocycles. The third-order valence-electron chi connectivity index (χ3n) is 3.40. The lowest BCUT2D eigenvalue weighted by Gasteiger charge is -2.13. The first kappa shape index (κ1) is 13.2. The number of ether oxygens (including phenoxy) is 2. The van der Waals surface area contributed by atoms with Crippen LogP contribution in [-0.4, -0.2) is 31.7 Å². The number of rotatable bonds is 5. The van der Waals surface area contributed by atoms with Gasteiger partial charge < -0.3 is 20.1 Å². The second kappa shape index (κ2) is 6.13. The van der Waals surface area contributed by atoms with Gasteiger partial charge in [-0.15, -0.1) is 0 Å². The molecule has 5 heteroatoms. The van der Waals surface area contributed by atoms with E-state index in [1.165, 1.54) is 0 Å². The molecular formula is C15H20N2O3. The molecule has 108 valence electrons. The summed E-state index contributed by atoms with van der Waals surface area (Å²) in [7, 11) is 0. The third-order valence-corrected chi connectivity index (χ3v) is 3.40. The Hall–Kier alpha value is -1.75. The molecule has 1 aromatic rings. The monoisotopic (exact) mass is 276 g/mol. The summed E-state index contributed by atoms with van der Waals surface area (Å²) in [5.41, 5.74) is 1.03. The van der Waals surface area contributed by atoms with Crippen molar-refractivity contribution in [3.63, 3.8) is 0 Å². The van der Waals surface area contributed by atoms with Crippen LogP contribution in [-0.2, 0) is 11.3 Å². The van der Waals surface area contributed by atoms with Crippen LogP contribution in [0.1, 0.15) is 24.8 Å². The predicted octanol–water partition coefficient (Wildman–Crippen LogP) is 1.22. The Morgan fingerprint density at radius 2 is 2.10 bits per heavy atom. The van der Waals surface area contributed by atoms with Gasteiger partial charge in [-0.1, -0.05) is 12.1 Å². The number of carbonyl (C=O) groups excluding carboxylic acids is 1. The maximum Gasteiger partial charge on any atom is 0.234 e. The van der Waals surface area contributed by atoms with Crippen molar-refractivity contribution in [1.82, 2.24) is 10.6 Å². The first-order valence-corrected chi connectivity index (χ1v) is 7.20. The number of para-hydroxylation sites is 1. The van der Waals surface area contributed by atoms with Gasteiger partial charge in [-0.05, 0) is 18.9 Å². The molecule has 5 nitrogen and oxygen atoms in total. The van der Waals surface area contributed by atoms with Gasteiger partial charge in [-0.2, -0.15) is 0 Å². The highest BCUT2D eigenvalue weighted by molar-refractivity contribution is 5.78. The van der Waals surface area contributed by atoms with Crippen LogP contribution in [0.4, 0.5) is 0 Å². The van der Waals surface area contributed by atoms with E-state index in [1.54, 1.807) is 0 Å². The highest BCUT2D eigenvalue weighted by Gasteiger charge is 2.22. The maximum absolute atomic E-state index is 11.6. The zero-order valence-corrected chi connectivity index (χ0v) is 11.5. The quantitative estimate of drug-likeness (QED) is 0.849. The maximum atomic E-state index is 11.6. The molecule has 0 bridgehead atoms. The average Bonchev–Trinajstić information content (AvgIpc) is 3.25. The molecule has 1 heterocycles. The third kappa shape index (κ3) is 3.42. The van der Waals surface area contributed by atoms with Crippen molar-refractivity contribution < 1.29 is 14.3 Å². The van der Waals surface area contributed by atoms with Gasteiger partial charge in [0.05, 0.1) is 19.8 Å². The van der Waals surface area contributed by atoms with E-state index in [-0.39, 0.29) is 5.91 Å². The number of amides is 1. The number of fused-ring (bicyclic) bond motifs is 1. The first-order valence-electron chi connectivity index (χ1n) is 7.20. The number of carbonyl (C=O) groups is 1. The summed E-state index contributed by atoms with van der Waals surface area (Å²) in [6, 6.07) is 6.28. The summed E-state index contributed by atoms with van der Waals surface area (Å²) in [6.45, 7) is 2.30. The minimum Gasteiger partial charge on any atom is -0.490 e. The molecule has 1 aliphatic carbocycles. The Balaban J connectivity index is 1.55. The topological polar surface area (TPSA) is 59.6 Å². The summed E-state index contributed by atoms with van der Waals surface area (Å²) in [5.74, 6) is 1.66. The van der Waals surface area contributed by atoms with Gasteiger partial charge in [0.25, 0.3) is 0 Å². The van der Waals surface area contributed by atoms with E-state index in [2.05, 4.69) is 10.6 Å². The molecule has 0 unspecified atom stereocenters. The molecule has 1 aliphatic heterocycles. The highest BCUT2D eigenvalue weighted by atomic mass is 16.5. The van der Waals surface area contributed by atoms with Gasteiger partial charge in [0.15, 0.2) is 11.5 Å². The summed E-state index contributed by atoms with van der Waals surface area (Å²) in [6.07, 6.45) is 3.12. The van der Waals surface area contributed by atoms with Gasteiger partial charge in [-0.25, -0.2) is 0 Å². The molecule has 1 saturated carbocycles. The highest BCUT2D eigenvalue weighted by Crippen LogP contribution is 2.33. The fourth-order valence-electron chi connectivity index (χ4n) is 2.21. The van der Waals surface area contributed by atoms with Crippen molar-refractivity contribution in [2.24, 2.45) is 0 Å². The second-order valence-corrected chi connectivity index (χ2v) is 5.24. The van der Waals surface area contributed by atoms with Crippen molar-refractivity contribution in [2.45, 2.75) is 31.8 Å². The lowest BCUT2D eigenvalue weighted by atomic mass is 10.2. The Bertz CT molecular complexity index is 486. The van der Waals surface area contributed by atoms with Crippen molar-refractivity contribution >= 4 is 5.91 Å². The number of hydrogen-bond donors (Lipinski definition) is 2. The van der Waals surface area contributed by atoms with Crippen LogP contribution in [0.5, 0.6) is 11.5 Å². The zero-order chi connectivity index (χ0) is 13.8.